The van der Waals surface area contributed by atoms with Crippen molar-refractivity contribution in [3.8, 4) is 5.82 Å². The summed E-state index contributed by atoms with van der Waals surface area (Å²) >= 11 is 1.39. The number of methoxy groups -OCH3 is 1. The Kier molecular flexibility index (Phi) is 5.95. The number of ether oxygens (including phenoxy) is 1. The fourth-order valence-electron chi connectivity index (χ4n) is 3.29. The van der Waals surface area contributed by atoms with Gasteiger partial charge in [0.15, 0.2) is 5.82 Å². The lowest BCUT2D eigenvalue weighted by molar-refractivity contribution is -0.137. The number of thiazole rings is 1. The predicted octanol–water partition coefficient (Wildman–Crippen LogP) is 4.52. The molecule has 0 fully saturated rings. The van der Waals surface area contributed by atoms with Gasteiger partial charge in [-0.25, -0.2) is 19.7 Å². The third-order valence-corrected chi connectivity index (χ3v) is 5.81. The molecule has 0 aromatic carbocycles. The number of carbonyl (C=O) groups excluding carboxylic acids is 1. The second-order valence-electron chi connectivity index (χ2n) is 7.64. The maximum absolute atomic E-state index is 13.6. The van der Waals surface area contributed by atoms with E-state index in [0.29, 0.717) is 21.6 Å². The average Bonchev–Trinajstić information content (AvgIpc) is 3.41. The third-order valence-electron chi connectivity index (χ3n) is 4.93. The number of fused-ring (bicyclic) bond motifs is 1. The molecule has 34 heavy (non-hydrogen) atoms. The van der Waals surface area contributed by atoms with Crippen LogP contribution in [0, 0.1) is 6.92 Å². The zero-order chi connectivity index (χ0) is 24.7. The van der Waals surface area contributed by atoms with Crippen LogP contribution in [-0.4, -0.2) is 43.1 Å². The molecule has 0 unspecified atom stereocenters. The van der Waals surface area contributed by atoms with E-state index in [1.54, 1.807) is 13.8 Å². The van der Waals surface area contributed by atoms with E-state index < -0.39 is 29.2 Å². The van der Waals surface area contributed by atoms with Crippen molar-refractivity contribution in [3.05, 3.63) is 47.0 Å². The van der Waals surface area contributed by atoms with Gasteiger partial charge in [-0.1, -0.05) is 11.3 Å². The van der Waals surface area contributed by atoms with E-state index in [9.17, 15) is 18.0 Å². The molecule has 4 aromatic rings. The van der Waals surface area contributed by atoms with Crippen molar-refractivity contribution < 1.29 is 22.7 Å². The lowest BCUT2D eigenvalue weighted by atomic mass is 9.96. The zero-order valence-electron chi connectivity index (χ0n) is 18.4. The molecular weight excluding hydrogens is 473 g/mol. The van der Waals surface area contributed by atoms with Crippen molar-refractivity contribution in [1.82, 2.24) is 29.9 Å². The number of amides is 2. The minimum absolute atomic E-state index is 0.174. The highest BCUT2D eigenvalue weighted by molar-refractivity contribution is 7.18. The first-order chi connectivity index (χ1) is 16.0. The summed E-state index contributed by atoms with van der Waals surface area (Å²) in [5.41, 5.74) is -0.648. The molecule has 0 radical (unpaired) electrons. The first-order valence-corrected chi connectivity index (χ1v) is 10.6. The molecule has 10 nitrogen and oxygen atoms in total. The summed E-state index contributed by atoms with van der Waals surface area (Å²) in [5.74, 6) is -0.513. The molecule has 0 spiro atoms. The number of aromatic nitrogens is 6. The molecule has 4 aromatic heterocycles. The van der Waals surface area contributed by atoms with E-state index in [1.807, 2.05) is 6.92 Å². The SMILES string of the molecule is COC(C)(C)c1c(NC(=O)Nc2cnc(-n3nccn3)c(C(F)(F)F)c2)cnc2sc(C)nc12. The number of pyridine rings is 2. The summed E-state index contributed by atoms with van der Waals surface area (Å²) in [6, 6.07) is -0.0302. The highest BCUT2D eigenvalue weighted by Crippen LogP contribution is 2.38. The van der Waals surface area contributed by atoms with Crippen molar-refractivity contribution >= 4 is 39.1 Å². The predicted molar refractivity (Wildman–Crippen MR) is 119 cm³/mol. The van der Waals surface area contributed by atoms with Gasteiger partial charge in [0, 0.05) is 12.7 Å². The van der Waals surface area contributed by atoms with Crippen molar-refractivity contribution in [1.29, 1.82) is 0 Å². The second-order valence-corrected chi connectivity index (χ2v) is 8.82. The Morgan fingerprint density at radius 2 is 1.82 bits per heavy atom. The molecule has 0 aliphatic heterocycles. The Balaban J connectivity index is 1.65. The summed E-state index contributed by atoms with van der Waals surface area (Å²) in [5, 5.41) is 13.2. The first kappa shape index (κ1) is 23.5. The minimum atomic E-state index is -4.75. The maximum atomic E-state index is 13.6. The number of rotatable bonds is 5. The lowest BCUT2D eigenvalue weighted by Crippen LogP contribution is -2.26. The van der Waals surface area contributed by atoms with Crippen molar-refractivity contribution in [3.63, 3.8) is 0 Å². The standard InChI is InChI=1S/C20H19F3N8O2S/c1-10-28-15-14(19(2,3)33-4)13(9-25-17(15)34-10)30-18(32)29-11-7-12(20(21,22)23)16(24-8-11)31-26-5-6-27-31/h5-9H,1-4H3,(H2,29,30,32). The Labute approximate surface area is 195 Å². The third kappa shape index (κ3) is 4.54. The van der Waals surface area contributed by atoms with Crippen LogP contribution in [0.5, 0.6) is 0 Å². The molecule has 0 saturated heterocycles. The molecule has 0 aliphatic carbocycles. The topological polar surface area (TPSA) is 120 Å². The number of carbonyl (C=O) groups is 1. The molecule has 178 valence electrons. The van der Waals surface area contributed by atoms with Crippen LogP contribution in [0.2, 0.25) is 0 Å². The van der Waals surface area contributed by atoms with E-state index in [2.05, 4.69) is 35.8 Å². The largest absolute Gasteiger partial charge is 0.420 e. The van der Waals surface area contributed by atoms with Gasteiger partial charge in [-0.2, -0.15) is 23.4 Å². The molecule has 4 heterocycles. The number of aryl methyl sites for hydroxylation is 1. The van der Waals surface area contributed by atoms with Crippen LogP contribution in [-0.2, 0) is 16.5 Å². The van der Waals surface area contributed by atoms with Crippen LogP contribution in [0.1, 0.15) is 30.0 Å². The lowest BCUT2D eigenvalue weighted by Gasteiger charge is -2.26. The normalized spacial score (nSPS) is 12.2. The van der Waals surface area contributed by atoms with Gasteiger partial charge in [-0.05, 0) is 26.8 Å². The fourth-order valence-corrected chi connectivity index (χ4v) is 4.06. The minimum Gasteiger partial charge on any atom is -0.374 e. The van der Waals surface area contributed by atoms with Crippen molar-refractivity contribution in [2.45, 2.75) is 32.5 Å². The Morgan fingerprint density at radius 3 is 2.47 bits per heavy atom. The summed E-state index contributed by atoms with van der Waals surface area (Å²) < 4.78 is 46.4. The smallest absolute Gasteiger partial charge is 0.374 e. The monoisotopic (exact) mass is 492 g/mol. The Morgan fingerprint density at radius 1 is 1.12 bits per heavy atom. The van der Waals surface area contributed by atoms with E-state index >= 15 is 0 Å². The number of alkyl halides is 3. The molecule has 0 atom stereocenters. The molecule has 2 N–H and O–H groups in total. The van der Waals surface area contributed by atoms with Crippen LogP contribution in [0.4, 0.5) is 29.3 Å². The first-order valence-electron chi connectivity index (χ1n) is 9.83. The van der Waals surface area contributed by atoms with Gasteiger partial charge < -0.3 is 15.4 Å². The van der Waals surface area contributed by atoms with Gasteiger partial charge in [0.2, 0.25) is 0 Å². The quantitative estimate of drug-likeness (QED) is 0.420. The van der Waals surface area contributed by atoms with Gasteiger partial charge >= 0.3 is 12.2 Å². The molecule has 4 rings (SSSR count). The molecule has 2 amide bonds. The summed E-state index contributed by atoms with van der Waals surface area (Å²) in [6.07, 6.45) is 0.252. The summed E-state index contributed by atoms with van der Waals surface area (Å²) in [7, 11) is 1.52. The van der Waals surface area contributed by atoms with E-state index in [4.69, 9.17) is 4.74 Å². The molecule has 0 saturated carbocycles. The van der Waals surface area contributed by atoms with Gasteiger partial charge in [-0.3, -0.25) is 0 Å². The number of nitrogens with zero attached hydrogens (tertiary/aromatic N) is 6. The Bertz CT molecular complexity index is 1350. The molecular formula is C20H19F3N8O2S. The number of halogens is 3. The van der Waals surface area contributed by atoms with Crippen LogP contribution >= 0.6 is 11.3 Å². The number of urea groups is 1. The van der Waals surface area contributed by atoms with E-state index in [0.717, 1.165) is 22.1 Å². The zero-order valence-corrected chi connectivity index (χ0v) is 19.2. The summed E-state index contributed by atoms with van der Waals surface area (Å²) in [4.78, 5) is 26.8. The van der Waals surface area contributed by atoms with Crippen LogP contribution in [0.25, 0.3) is 16.2 Å². The van der Waals surface area contributed by atoms with Crippen molar-refractivity contribution in [2.24, 2.45) is 0 Å². The van der Waals surface area contributed by atoms with Crippen LogP contribution < -0.4 is 10.6 Å². The highest BCUT2D eigenvalue weighted by Gasteiger charge is 2.36. The molecule has 14 heteroatoms. The highest BCUT2D eigenvalue weighted by atomic mass is 32.1. The molecule has 0 bridgehead atoms. The number of nitrogens with one attached hydrogen (secondary N) is 2. The van der Waals surface area contributed by atoms with Crippen molar-refractivity contribution in [2.75, 3.05) is 17.7 Å². The number of hydrogen-bond acceptors (Lipinski definition) is 8. The maximum Gasteiger partial charge on any atom is 0.420 e. The van der Waals surface area contributed by atoms with Gasteiger partial charge in [0.25, 0.3) is 0 Å². The van der Waals surface area contributed by atoms with Crippen LogP contribution in [0.3, 0.4) is 0 Å². The Hall–Kier alpha value is -3.65. The second kappa shape index (κ2) is 8.61. The average molecular weight is 492 g/mol. The van der Waals surface area contributed by atoms with Gasteiger partial charge in [-0.15, -0.1) is 4.80 Å². The summed E-state index contributed by atoms with van der Waals surface area (Å²) in [6.45, 7) is 5.45. The van der Waals surface area contributed by atoms with E-state index in [1.165, 1.54) is 37.0 Å². The van der Waals surface area contributed by atoms with Gasteiger partial charge in [0.05, 0.1) is 46.8 Å². The van der Waals surface area contributed by atoms with Crippen LogP contribution in [0.15, 0.2) is 30.9 Å². The molecule has 0 aliphatic rings. The number of hydrogen-bond donors (Lipinski definition) is 2. The van der Waals surface area contributed by atoms with E-state index in [-0.39, 0.29) is 5.69 Å². The fraction of sp³-hybridized carbons (Fsp3) is 0.300. The number of anilines is 2. The van der Waals surface area contributed by atoms with Gasteiger partial charge in [0.1, 0.15) is 15.9 Å².